The molecule has 2 aromatic heterocycles. The molecule has 0 aliphatic rings. The lowest BCUT2D eigenvalue weighted by molar-refractivity contribution is 0.0907. The minimum absolute atomic E-state index is 0.0853. The van der Waals surface area contributed by atoms with Crippen LogP contribution in [0.1, 0.15) is 23.0 Å². The molecule has 6 heteroatoms. The molecule has 0 fully saturated rings. The Balaban J connectivity index is 2.13. The summed E-state index contributed by atoms with van der Waals surface area (Å²) in [4.78, 5) is 17.6. The molecule has 1 aromatic carbocycles. The van der Waals surface area contributed by atoms with Gasteiger partial charge in [0.15, 0.2) is 5.65 Å². The highest BCUT2D eigenvalue weighted by molar-refractivity contribution is 6.07. The van der Waals surface area contributed by atoms with Crippen LogP contribution in [0.3, 0.4) is 0 Å². The summed E-state index contributed by atoms with van der Waals surface area (Å²) >= 11 is 0. The number of carbonyl (C=O) groups excluding carboxylic acids is 1. The molecule has 0 bridgehead atoms. The van der Waals surface area contributed by atoms with Crippen molar-refractivity contribution in [2.75, 3.05) is 13.7 Å². The number of amides is 1. The zero-order chi connectivity index (χ0) is 18.0. The van der Waals surface area contributed by atoms with Gasteiger partial charge in [-0.25, -0.2) is 4.98 Å². The van der Waals surface area contributed by atoms with E-state index in [1.807, 2.05) is 57.3 Å². The maximum atomic E-state index is 12.9. The number of pyridine rings is 1. The number of rotatable bonds is 5. The Kier molecular flexibility index (Phi) is 4.81. The van der Waals surface area contributed by atoms with Crippen molar-refractivity contribution >= 4 is 16.9 Å². The highest BCUT2D eigenvalue weighted by Gasteiger charge is 2.20. The maximum Gasteiger partial charge on any atom is 0.252 e. The molecule has 130 valence electrons. The Morgan fingerprint density at radius 2 is 2.04 bits per heavy atom. The number of benzene rings is 1. The number of aromatic nitrogens is 3. The summed E-state index contributed by atoms with van der Waals surface area (Å²) in [5.41, 5.74) is 3.78. The summed E-state index contributed by atoms with van der Waals surface area (Å²) in [6.45, 7) is 4.26. The fourth-order valence-electron chi connectivity index (χ4n) is 2.97. The molecule has 0 radical (unpaired) electrons. The summed E-state index contributed by atoms with van der Waals surface area (Å²) in [5.74, 6) is -0.148. The normalized spacial score (nSPS) is 12.3. The standard InChI is InChI=1S/C19H22N4O2/c1-12(11-25-4)20-19(24)15-10-16(14-8-6-5-7-9-14)21-18-17(15)13(2)22-23(18)3/h5-10,12H,11H2,1-4H3,(H,20,24). The first-order valence-corrected chi connectivity index (χ1v) is 8.20. The molecule has 1 unspecified atom stereocenters. The van der Waals surface area contributed by atoms with Crippen molar-refractivity contribution < 1.29 is 9.53 Å². The van der Waals surface area contributed by atoms with E-state index in [0.29, 0.717) is 17.8 Å². The van der Waals surface area contributed by atoms with E-state index in [-0.39, 0.29) is 11.9 Å². The molecule has 0 aliphatic carbocycles. The SMILES string of the molecule is COCC(C)NC(=O)c1cc(-c2ccccc2)nc2c1c(C)nn2C. The van der Waals surface area contributed by atoms with Crippen LogP contribution in [0.5, 0.6) is 0 Å². The Morgan fingerprint density at radius 3 is 2.72 bits per heavy atom. The van der Waals surface area contributed by atoms with Gasteiger partial charge in [-0.15, -0.1) is 0 Å². The molecular weight excluding hydrogens is 316 g/mol. The van der Waals surface area contributed by atoms with Crippen LogP contribution in [0.25, 0.3) is 22.3 Å². The molecule has 6 nitrogen and oxygen atoms in total. The van der Waals surface area contributed by atoms with Crippen molar-refractivity contribution in [3.05, 3.63) is 47.7 Å². The van der Waals surface area contributed by atoms with Gasteiger partial charge in [0.05, 0.1) is 28.9 Å². The van der Waals surface area contributed by atoms with Crippen molar-refractivity contribution in [1.29, 1.82) is 0 Å². The lowest BCUT2D eigenvalue weighted by Crippen LogP contribution is -2.35. The zero-order valence-electron chi connectivity index (χ0n) is 14.9. The second-order valence-electron chi connectivity index (χ2n) is 6.16. The molecule has 2 heterocycles. The monoisotopic (exact) mass is 338 g/mol. The third kappa shape index (κ3) is 3.39. The van der Waals surface area contributed by atoms with Crippen molar-refractivity contribution in [3.63, 3.8) is 0 Å². The van der Waals surface area contributed by atoms with E-state index in [9.17, 15) is 4.79 Å². The van der Waals surface area contributed by atoms with E-state index in [1.54, 1.807) is 11.8 Å². The fourth-order valence-corrected chi connectivity index (χ4v) is 2.97. The summed E-state index contributed by atoms with van der Waals surface area (Å²) in [7, 11) is 3.46. The zero-order valence-corrected chi connectivity index (χ0v) is 14.9. The quantitative estimate of drug-likeness (QED) is 0.776. The average Bonchev–Trinajstić information content (AvgIpc) is 2.89. The smallest absolute Gasteiger partial charge is 0.252 e. The van der Waals surface area contributed by atoms with Crippen molar-refractivity contribution in [3.8, 4) is 11.3 Å². The largest absolute Gasteiger partial charge is 0.383 e. The van der Waals surface area contributed by atoms with Crippen LogP contribution < -0.4 is 5.32 Å². The molecule has 0 spiro atoms. The molecule has 0 aliphatic heterocycles. The summed E-state index contributed by atoms with van der Waals surface area (Å²) < 4.78 is 6.82. The maximum absolute atomic E-state index is 12.9. The fraction of sp³-hybridized carbons (Fsp3) is 0.316. The lowest BCUT2D eigenvalue weighted by Gasteiger charge is -2.14. The second kappa shape index (κ2) is 7.03. The predicted molar refractivity (Wildman–Crippen MR) is 97.5 cm³/mol. The van der Waals surface area contributed by atoms with Gasteiger partial charge in [-0.3, -0.25) is 9.48 Å². The average molecular weight is 338 g/mol. The van der Waals surface area contributed by atoms with Crippen LogP contribution in [-0.4, -0.2) is 40.4 Å². The van der Waals surface area contributed by atoms with E-state index in [1.165, 1.54) is 0 Å². The number of nitrogens with one attached hydrogen (secondary N) is 1. The van der Waals surface area contributed by atoms with Crippen LogP contribution in [0.4, 0.5) is 0 Å². The molecular formula is C19H22N4O2. The Hall–Kier alpha value is -2.73. The van der Waals surface area contributed by atoms with Crippen LogP contribution >= 0.6 is 0 Å². The highest BCUT2D eigenvalue weighted by Crippen LogP contribution is 2.26. The summed E-state index contributed by atoms with van der Waals surface area (Å²) in [6.07, 6.45) is 0. The minimum Gasteiger partial charge on any atom is -0.383 e. The topological polar surface area (TPSA) is 69.0 Å². The summed E-state index contributed by atoms with van der Waals surface area (Å²) in [6, 6.07) is 11.6. The minimum atomic E-state index is -0.148. The number of fused-ring (bicyclic) bond motifs is 1. The van der Waals surface area contributed by atoms with Gasteiger partial charge in [-0.1, -0.05) is 30.3 Å². The Bertz CT molecular complexity index is 903. The van der Waals surface area contributed by atoms with E-state index in [2.05, 4.69) is 10.4 Å². The van der Waals surface area contributed by atoms with Crippen molar-refractivity contribution in [2.45, 2.75) is 19.9 Å². The van der Waals surface area contributed by atoms with Crippen LogP contribution in [0.2, 0.25) is 0 Å². The van der Waals surface area contributed by atoms with Gasteiger partial charge >= 0.3 is 0 Å². The van der Waals surface area contributed by atoms with Crippen LogP contribution in [0, 0.1) is 6.92 Å². The molecule has 0 saturated heterocycles. The first-order chi connectivity index (χ1) is 12.0. The molecule has 25 heavy (non-hydrogen) atoms. The van der Waals surface area contributed by atoms with Crippen LogP contribution in [0.15, 0.2) is 36.4 Å². The lowest BCUT2D eigenvalue weighted by atomic mass is 10.0. The molecule has 1 atom stereocenters. The number of nitrogens with zero attached hydrogens (tertiary/aromatic N) is 3. The van der Waals surface area contributed by atoms with Gasteiger partial charge in [0.25, 0.3) is 5.91 Å². The van der Waals surface area contributed by atoms with E-state index in [4.69, 9.17) is 9.72 Å². The first-order valence-electron chi connectivity index (χ1n) is 8.20. The van der Waals surface area contributed by atoms with Gasteiger partial charge in [0.2, 0.25) is 0 Å². The number of ether oxygens (including phenoxy) is 1. The number of hydrogen-bond acceptors (Lipinski definition) is 4. The molecule has 3 aromatic rings. The van der Waals surface area contributed by atoms with Gasteiger partial charge in [-0.05, 0) is 19.9 Å². The van der Waals surface area contributed by atoms with E-state index >= 15 is 0 Å². The van der Waals surface area contributed by atoms with Crippen molar-refractivity contribution in [2.24, 2.45) is 7.05 Å². The number of carbonyl (C=O) groups is 1. The van der Waals surface area contributed by atoms with Gasteiger partial charge < -0.3 is 10.1 Å². The second-order valence-corrected chi connectivity index (χ2v) is 6.16. The Morgan fingerprint density at radius 1 is 1.32 bits per heavy atom. The Labute approximate surface area is 146 Å². The first kappa shape index (κ1) is 17.1. The number of hydrogen-bond donors (Lipinski definition) is 1. The third-order valence-electron chi connectivity index (χ3n) is 4.08. The third-order valence-corrected chi connectivity index (χ3v) is 4.08. The molecule has 0 saturated carbocycles. The van der Waals surface area contributed by atoms with E-state index < -0.39 is 0 Å². The predicted octanol–water partition coefficient (Wildman–Crippen LogP) is 2.71. The molecule has 1 amide bonds. The van der Waals surface area contributed by atoms with Crippen molar-refractivity contribution in [1.82, 2.24) is 20.1 Å². The molecule has 3 rings (SSSR count). The van der Waals surface area contributed by atoms with Gasteiger partial charge in [-0.2, -0.15) is 5.10 Å². The van der Waals surface area contributed by atoms with Gasteiger partial charge in [0.1, 0.15) is 0 Å². The van der Waals surface area contributed by atoms with Crippen LogP contribution in [-0.2, 0) is 11.8 Å². The van der Waals surface area contributed by atoms with E-state index in [0.717, 1.165) is 22.3 Å². The number of methoxy groups -OCH3 is 1. The summed E-state index contributed by atoms with van der Waals surface area (Å²) in [5, 5.41) is 8.19. The molecule has 1 N–H and O–H groups in total. The number of aryl methyl sites for hydroxylation is 2. The highest BCUT2D eigenvalue weighted by atomic mass is 16.5. The van der Waals surface area contributed by atoms with Gasteiger partial charge in [0, 0.05) is 25.8 Å².